The summed E-state index contributed by atoms with van der Waals surface area (Å²) in [6.45, 7) is 3.67. The summed E-state index contributed by atoms with van der Waals surface area (Å²) in [5.41, 5.74) is 0.912. The van der Waals surface area contributed by atoms with Crippen LogP contribution in [0.1, 0.15) is 25.0 Å². The van der Waals surface area contributed by atoms with Crippen molar-refractivity contribution in [2.24, 2.45) is 0 Å². The second-order valence-electron chi connectivity index (χ2n) is 8.76. The number of carbonyl (C=O) groups is 2. The van der Waals surface area contributed by atoms with Crippen LogP contribution in [-0.2, 0) is 0 Å². The average molecular weight is 495 g/mol. The van der Waals surface area contributed by atoms with E-state index in [2.05, 4.69) is 26.6 Å². The van der Waals surface area contributed by atoms with Gasteiger partial charge in [-0.3, -0.25) is 0 Å². The van der Waals surface area contributed by atoms with E-state index in [-0.39, 0.29) is 17.8 Å². The molecule has 36 heavy (non-hydrogen) atoms. The number of anilines is 3. The van der Waals surface area contributed by atoms with Crippen molar-refractivity contribution in [2.75, 3.05) is 56.6 Å². The van der Waals surface area contributed by atoms with Gasteiger partial charge in [0.05, 0.1) is 18.8 Å². The predicted molar refractivity (Wildman–Crippen MR) is 133 cm³/mol. The first-order chi connectivity index (χ1) is 17.4. The van der Waals surface area contributed by atoms with E-state index in [0.29, 0.717) is 43.5 Å². The number of nitrogens with zero attached hydrogens (tertiary/aromatic N) is 6. The van der Waals surface area contributed by atoms with Crippen LogP contribution in [0.2, 0.25) is 0 Å². The van der Waals surface area contributed by atoms with Gasteiger partial charge in [0, 0.05) is 45.5 Å². The van der Waals surface area contributed by atoms with Crippen LogP contribution >= 0.6 is 0 Å². The lowest BCUT2D eigenvalue weighted by Crippen LogP contribution is -2.49. The summed E-state index contributed by atoms with van der Waals surface area (Å²) in [7, 11) is 1.82. The van der Waals surface area contributed by atoms with E-state index in [1.54, 1.807) is 23.2 Å². The van der Waals surface area contributed by atoms with E-state index in [0.717, 1.165) is 38.2 Å². The third-order valence-electron chi connectivity index (χ3n) is 6.26. The molecule has 3 heterocycles. The maximum Gasteiger partial charge on any atom is 0.404 e. The van der Waals surface area contributed by atoms with Crippen LogP contribution in [0.5, 0.6) is 5.75 Å². The number of nitrogens with one attached hydrogen (secondary N) is 2. The minimum Gasteiger partial charge on any atom is -0.494 e. The van der Waals surface area contributed by atoms with Crippen LogP contribution in [0.3, 0.4) is 0 Å². The van der Waals surface area contributed by atoms with Crippen molar-refractivity contribution in [3.8, 4) is 11.8 Å². The fraction of sp³-hybridized carbons (Fsp3) is 0.458. The van der Waals surface area contributed by atoms with Crippen molar-refractivity contribution >= 4 is 29.4 Å². The average Bonchev–Trinajstić information content (AvgIpc) is 3.22. The Morgan fingerprint density at radius 2 is 2.08 bits per heavy atom. The molecule has 4 rings (SSSR count). The number of hydrogen-bond donors (Lipinski definition) is 3. The molecular weight excluding hydrogens is 464 g/mol. The first-order valence-electron chi connectivity index (χ1n) is 11.9. The topological polar surface area (TPSA) is 147 Å². The lowest BCUT2D eigenvalue weighted by Gasteiger charge is -2.37. The number of carbonyl (C=O) groups excluding carboxylic acids is 1. The number of ether oxygens (including phenoxy) is 1. The van der Waals surface area contributed by atoms with Crippen molar-refractivity contribution in [1.82, 2.24) is 25.1 Å². The van der Waals surface area contributed by atoms with Gasteiger partial charge >= 0.3 is 12.1 Å². The molecule has 0 aliphatic carbocycles. The molecule has 3 N–H and O–H groups in total. The molecule has 12 heteroatoms. The molecule has 190 valence electrons. The molecule has 1 aromatic heterocycles. The van der Waals surface area contributed by atoms with Crippen LogP contribution in [-0.4, -0.2) is 89.4 Å². The lowest BCUT2D eigenvalue weighted by molar-refractivity contribution is 0.175. The number of hydrogen-bond acceptors (Lipinski definition) is 8. The number of urea groups is 1. The lowest BCUT2D eigenvalue weighted by atomic mass is 10.0. The molecule has 2 saturated heterocycles. The molecule has 12 nitrogen and oxygen atoms in total. The van der Waals surface area contributed by atoms with E-state index in [9.17, 15) is 14.9 Å². The standard InChI is InChI=1S/C24H30N8O4/c1-30-11-12-32(24(30)35)18-4-2-10-31(16-18)21-15-27-20(14-25)22(29-21)28-17-5-7-19(8-6-17)36-13-3-9-26-23(33)34/h5-8,15,18,26H,2-4,9-13,16H2,1H3,(H,28,29)(H,33,34)/t18-/m1/s1. The van der Waals surface area contributed by atoms with Gasteiger partial charge in [0.25, 0.3) is 0 Å². The van der Waals surface area contributed by atoms with Crippen molar-refractivity contribution < 1.29 is 19.4 Å². The quantitative estimate of drug-likeness (QED) is 0.447. The molecule has 2 fully saturated rings. The van der Waals surface area contributed by atoms with E-state index in [1.807, 2.05) is 24.1 Å². The summed E-state index contributed by atoms with van der Waals surface area (Å²) in [5, 5.41) is 23.6. The third kappa shape index (κ3) is 6.04. The molecule has 3 amide bonds. The van der Waals surface area contributed by atoms with Crippen molar-refractivity contribution in [3.05, 3.63) is 36.2 Å². The molecular formula is C24H30N8O4. The maximum absolute atomic E-state index is 12.5. The Morgan fingerprint density at radius 1 is 1.28 bits per heavy atom. The van der Waals surface area contributed by atoms with E-state index in [1.165, 1.54) is 0 Å². The normalized spacial score (nSPS) is 17.6. The monoisotopic (exact) mass is 494 g/mol. The van der Waals surface area contributed by atoms with Crippen molar-refractivity contribution in [3.63, 3.8) is 0 Å². The Morgan fingerprint density at radius 3 is 2.78 bits per heavy atom. The molecule has 2 aliphatic heterocycles. The van der Waals surface area contributed by atoms with Gasteiger partial charge in [0.2, 0.25) is 0 Å². The van der Waals surface area contributed by atoms with Crippen LogP contribution in [0.4, 0.5) is 26.9 Å². The van der Waals surface area contributed by atoms with Crippen molar-refractivity contribution in [1.29, 1.82) is 5.26 Å². The zero-order chi connectivity index (χ0) is 25.5. The second-order valence-corrected chi connectivity index (χ2v) is 8.76. The van der Waals surface area contributed by atoms with Crippen LogP contribution in [0.25, 0.3) is 0 Å². The molecule has 0 saturated carbocycles. The smallest absolute Gasteiger partial charge is 0.404 e. The predicted octanol–water partition coefficient (Wildman–Crippen LogP) is 2.46. The molecule has 1 atom stereocenters. The molecule has 0 spiro atoms. The number of nitriles is 1. The van der Waals surface area contributed by atoms with Crippen molar-refractivity contribution in [2.45, 2.75) is 25.3 Å². The Hall–Kier alpha value is -4.27. The number of piperidine rings is 1. The van der Waals surface area contributed by atoms with Gasteiger partial charge in [-0.2, -0.15) is 5.26 Å². The fourth-order valence-electron chi connectivity index (χ4n) is 4.35. The Bertz CT molecular complexity index is 1120. The highest BCUT2D eigenvalue weighted by molar-refractivity contribution is 5.76. The molecule has 0 radical (unpaired) electrons. The summed E-state index contributed by atoms with van der Waals surface area (Å²) in [6.07, 6.45) is 3.01. The minimum atomic E-state index is -1.05. The summed E-state index contributed by atoms with van der Waals surface area (Å²) in [4.78, 5) is 37.7. The molecule has 0 bridgehead atoms. The Labute approximate surface area is 209 Å². The van der Waals surface area contributed by atoms with Gasteiger partial charge in [-0.05, 0) is 43.5 Å². The van der Waals surface area contributed by atoms with Crippen LogP contribution in [0, 0.1) is 11.3 Å². The minimum absolute atomic E-state index is 0.0690. The first-order valence-corrected chi connectivity index (χ1v) is 11.9. The third-order valence-corrected chi connectivity index (χ3v) is 6.26. The molecule has 0 unspecified atom stereocenters. The zero-order valence-electron chi connectivity index (χ0n) is 20.2. The highest BCUT2D eigenvalue weighted by Crippen LogP contribution is 2.26. The molecule has 2 aliphatic rings. The van der Waals surface area contributed by atoms with E-state index >= 15 is 0 Å². The van der Waals surface area contributed by atoms with E-state index in [4.69, 9.17) is 14.8 Å². The number of benzene rings is 1. The van der Waals surface area contributed by atoms with Gasteiger partial charge in [0.15, 0.2) is 11.5 Å². The van der Waals surface area contributed by atoms with Gasteiger partial charge in [0.1, 0.15) is 17.6 Å². The number of rotatable bonds is 9. The maximum atomic E-state index is 12.5. The second kappa shape index (κ2) is 11.4. The first kappa shape index (κ1) is 24.8. The SMILES string of the molecule is CN1CCN([C@@H]2CCCN(c3cnc(C#N)c(Nc4ccc(OCCCNC(=O)O)cc4)n3)C2)C1=O. The summed E-state index contributed by atoms with van der Waals surface area (Å²) in [5.74, 6) is 1.68. The number of carboxylic acid groups (broad SMARTS) is 1. The van der Waals surface area contributed by atoms with Gasteiger partial charge in [-0.25, -0.2) is 19.6 Å². The molecule has 2 aromatic rings. The summed E-state index contributed by atoms with van der Waals surface area (Å²) in [6, 6.07) is 9.47. The summed E-state index contributed by atoms with van der Waals surface area (Å²) < 4.78 is 5.62. The van der Waals surface area contributed by atoms with Crippen LogP contribution < -0.4 is 20.3 Å². The zero-order valence-corrected chi connectivity index (χ0v) is 20.2. The largest absolute Gasteiger partial charge is 0.494 e. The number of likely N-dealkylation sites (N-methyl/N-ethyl adjacent to an activating group) is 1. The summed E-state index contributed by atoms with van der Waals surface area (Å²) >= 11 is 0. The van der Waals surface area contributed by atoms with Crippen LogP contribution in [0.15, 0.2) is 30.5 Å². The highest BCUT2D eigenvalue weighted by Gasteiger charge is 2.34. The fourth-order valence-corrected chi connectivity index (χ4v) is 4.35. The Balaban J connectivity index is 1.39. The number of amides is 3. The van der Waals surface area contributed by atoms with E-state index < -0.39 is 6.09 Å². The van der Waals surface area contributed by atoms with Gasteiger partial charge in [-0.15, -0.1) is 0 Å². The Kier molecular flexibility index (Phi) is 7.89. The highest BCUT2D eigenvalue weighted by atomic mass is 16.5. The van der Waals surface area contributed by atoms with Gasteiger partial charge in [-0.1, -0.05) is 0 Å². The molecule has 1 aromatic carbocycles. The van der Waals surface area contributed by atoms with Gasteiger partial charge < -0.3 is 35.2 Å². The number of aromatic nitrogens is 2.